The lowest BCUT2D eigenvalue weighted by atomic mass is 10.1. The molecule has 0 aromatic heterocycles. The molecule has 2 rings (SSSR count). The van der Waals surface area contributed by atoms with E-state index < -0.39 is 12.1 Å². The van der Waals surface area contributed by atoms with Gasteiger partial charge in [-0.2, -0.15) is 0 Å². The summed E-state index contributed by atoms with van der Waals surface area (Å²) in [6.07, 6.45) is -0.543. The minimum Gasteiger partial charge on any atom is -0.481 e. The number of nitrogens with zero attached hydrogens (tertiary/aromatic N) is 1. The second-order valence-electron chi connectivity index (χ2n) is 4.93. The molecular weight excluding hydrogens is 274 g/mol. The molecule has 0 radical (unpaired) electrons. The Balaban J connectivity index is 2.10. The zero-order chi connectivity index (χ0) is 15.2. The fourth-order valence-corrected chi connectivity index (χ4v) is 2.40. The van der Waals surface area contributed by atoms with Gasteiger partial charge in [-0.15, -0.1) is 0 Å². The zero-order valence-corrected chi connectivity index (χ0v) is 11.9. The number of benzene rings is 1. The van der Waals surface area contributed by atoms with E-state index in [1.54, 1.807) is 18.1 Å². The van der Waals surface area contributed by atoms with Crippen LogP contribution in [0.5, 0.6) is 0 Å². The van der Waals surface area contributed by atoms with Crippen LogP contribution in [0.25, 0.3) is 0 Å². The van der Waals surface area contributed by atoms with Gasteiger partial charge in [0.1, 0.15) is 0 Å². The number of ether oxygens (including phenoxy) is 2. The van der Waals surface area contributed by atoms with Gasteiger partial charge in [-0.1, -0.05) is 18.2 Å². The molecular formula is C15H19NO5. The topological polar surface area (TPSA) is 76.1 Å². The summed E-state index contributed by atoms with van der Waals surface area (Å²) < 4.78 is 10.5. The Hall–Kier alpha value is -1.92. The molecule has 0 bridgehead atoms. The van der Waals surface area contributed by atoms with Gasteiger partial charge in [-0.3, -0.25) is 9.59 Å². The number of hydrogen-bond acceptors (Lipinski definition) is 4. The summed E-state index contributed by atoms with van der Waals surface area (Å²) in [7, 11) is 1.58. The van der Waals surface area contributed by atoms with E-state index in [9.17, 15) is 9.59 Å². The number of morpholine rings is 1. The van der Waals surface area contributed by atoms with E-state index in [1.807, 2.05) is 18.2 Å². The van der Waals surface area contributed by atoms with E-state index in [0.717, 1.165) is 5.56 Å². The molecule has 0 unspecified atom stereocenters. The predicted molar refractivity (Wildman–Crippen MR) is 75.1 cm³/mol. The summed E-state index contributed by atoms with van der Waals surface area (Å²) in [5.74, 6) is -1.03. The van der Waals surface area contributed by atoms with E-state index in [0.29, 0.717) is 31.9 Å². The average Bonchev–Trinajstić information content (AvgIpc) is 2.47. The fourth-order valence-electron chi connectivity index (χ4n) is 2.40. The van der Waals surface area contributed by atoms with Crippen LogP contribution in [0, 0.1) is 0 Å². The lowest BCUT2D eigenvalue weighted by Crippen LogP contribution is -2.46. The second-order valence-corrected chi connectivity index (χ2v) is 4.93. The number of carboxylic acid groups (broad SMARTS) is 1. The van der Waals surface area contributed by atoms with Crippen LogP contribution in [0.4, 0.5) is 0 Å². The van der Waals surface area contributed by atoms with Crippen molar-refractivity contribution in [3.8, 4) is 0 Å². The molecule has 1 N–H and O–H groups in total. The molecule has 1 heterocycles. The van der Waals surface area contributed by atoms with Crippen LogP contribution in [0.2, 0.25) is 0 Å². The number of methoxy groups -OCH3 is 1. The first-order valence-corrected chi connectivity index (χ1v) is 6.81. The van der Waals surface area contributed by atoms with Gasteiger partial charge in [0.05, 0.1) is 25.7 Å². The maximum absolute atomic E-state index is 12.6. The Labute approximate surface area is 123 Å². The highest BCUT2D eigenvalue weighted by Gasteiger charge is 2.27. The van der Waals surface area contributed by atoms with Gasteiger partial charge in [-0.25, -0.2) is 0 Å². The SMILES string of the molecule is COCc1ccccc1C(=O)N1CCO[C@H](CC(=O)O)C1. The van der Waals surface area contributed by atoms with E-state index in [4.69, 9.17) is 14.6 Å². The minimum absolute atomic E-state index is 0.0938. The van der Waals surface area contributed by atoms with Crippen LogP contribution in [-0.2, 0) is 20.9 Å². The first-order valence-electron chi connectivity index (χ1n) is 6.81. The van der Waals surface area contributed by atoms with Crippen molar-refractivity contribution in [1.82, 2.24) is 4.90 Å². The standard InChI is InChI=1S/C15H19NO5/c1-20-10-11-4-2-3-5-13(11)15(19)16-6-7-21-12(9-16)8-14(17)18/h2-5,12H,6-10H2,1H3,(H,17,18)/t12-/m1/s1. The molecule has 0 spiro atoms. The van der Waals surface area contributed by atoms with Crippen LogP contribution in [0.15, 0.2) is 24.3 Å². The molecule has 1 aliphatic heterocycles. The van der Waals surface area contributed by atoms with Crippen molar-refractivity contribution in [1.29, 1.82) is 0 Å². The van der Waals surface area contributed by atoms with E-state index >= 15 is 0 Å². The van der Waals surface area contributed by atoms with Gasteiger partial charge in [-0.05, 0) is 11.6 Å². The first-order chi connectivity index (χ1) is 10.1. The summed E-state index contributed by atoms with van der Waals surface area (Å²) in [5, 5.41) is 8.82. The molecule has 6 nitrogen and oxygen atoms in total. The van der Waals surface area contributed by atoms with Crippen LogP contribution >= 0.6 is 0 Å². The van der Waals surface area contributed by atoms with Crippen molar-refractivity contribution in [2.24, 2.45) is 0 Å². The van der Waals surface area contributed by atoms with Gasteiger partial charge in [0.2, 0.25) is 0 Å². The Bertz CT molecular complexity index is 517. The number of carbonyl (C=O) groups excluding carboxylic acids is 1. The van der Waals surface area contributed by atoms with Crippen molar-refractivity contribution in [2.45, 2.75) is 19.1 Å². The Morgan fingerprint density at radius 3 is 2.90 bits per heavy atom. The summed E-state index contributed by atoms with van der Waals surface area (Å²) in [6, 6.07) is 7.28. The van der Waals surface area contributed by atoms with Gasteiger partial charge < -0.3 is 19.5 Å². The molecule has 1 aliphatic rings. The van der Waals surface area contributed by atoms with E-state index in [1.165, 1.54) is 0 Å². The highest BCUT2D eigenvalue weighted by Crippen LogP contribution is 2.16. The van der Waals surface area contributed by atoms with Crippen LogP contribution in [0.3, 0.4) is 0 Å². The third-order valence-corrected chi connectivity index (χ3v) is 3.38. The number of rotatable bonds is 5. The molecule has 114 valence electrons. The fraction of sp³-hybridized carbons (Fsp3) is 0.467. The maximum atomic E-state index is 12.6. The number of hydrogen-bond donors (Lipinski definition) is 1. The van der Waals surface area contributed by atoms with Crippen LogP contribution in [0.1, 0.15) is 22.3 Å². The summed E-state index contributed by atoms with van der Waals surface area (Å²) >= 11 is 0. The molecule has 0 aliphatic carbocycles. The molecule has 6 heteroatoms. The lowest BCUT2D eigenvalue weighted by Gasteiger charge is -2.32. The summed E-state index contributed by atoms with van der Waals surface area (Å²) in [5.41, 5.74) is 1.42. The highest BCUT2D eigenvalue weighted by atomic mass is 16.5. The van der Waals surface area contributed by atoms with E-state index in [-0.39, 0.29) is 12.3 Å². The van der Waals surface area contributed by atoms with Crippen molar-refractivity contribution in [3.63, 3.8) is 0 Å². The quantitative estimate of drug-likeness (QED) is 0.881. The van der Waals surface area contributed by atoms with E-state index in [2.05, 4.69) is 0 Å². The maximum Gasteiger partial charge on any atom is 0.306 e. The van der Waals surface area contributed by atoms with Crippen LogP contribution in [-0.4, -0.2) is 54.8 Å². The van der Waals surface area contributed by atoms with Crippen molar-refractivity contribution in [3.05, 3.63) is 35.4 Å². The Morgan fingerprint density at radius 1 is 1.43 bits per heavy atom. The number of carbonyl (C=O) groups is 2. The third-order valence-electron chi connectivity index (χ3n) is 3.38. The van der Waals surface area contributed by atoms with Gasteiger partial charge >= 0.3 is 5.97 Å². The highest BCUT2D eigenvalue weighted by molar-refractivity contribution is 5.95. The normalized spacial score (nSPS) is 18.5. The number of aliphatic carboxylic acids is 1. The molecule has 1 amide bonds. The molecule has 1 fully saturated rings. The number of amides is 1. The predicted octanol–water partition coefficient (Wildman–Crippen LogP) is 1.15. The van der Waals surface area contributed by atoms with Crippen molar-refractivity contribution in [2.75, 3.05) is 26.8 Å². The molecule has 1 saturated heterocycles. The Kier molecular flexibility index (Phi) is 5.30. The van der Waals surface area contributed by atoms with Gasteiger partial charge in [0.25, 0.3) is 5.91 Å². The summed E-state index contributed by atoms with van der Waals surface area (Å²) in [4.78, 5) is 25.0. The van der Waals surface area contributed by atoms with Crippen molar-refractivity contribution >= 4 is 11.9 Å². The average molecular weight is 293 g/mol. The molecule has 1 aromatic rings. The molecule has 1 aromatic carbocycles. The lowest BCUT2D eigenvalue weighted by molar-refractivity contribution is -0.141. The minimum atomic E-state index is -0.922. The Morgan fingerprint density at radius 2 is 2.19 bits per heavy atom. The summed E-state index contributed by atoms with van der Waals surface area (Å²) in [6.45, 7) is 1.49. The second kappa shape index (κ2) is 7.19. The first kappa shape index (κ1) is 15.5. The third kappa shape index (κ3) is 4.03. The van der Waals surface area contributed by atoms with Crippen LogP contribution < -0.4 is 0 Å². The monoisotopic (exact) mass is 293 g/mol. The van der Waals surface area contributed by atoms with Gasteiger partial charge in [0, 0.05) is 25.8 Å². The number of carboxylic acids is 1. The largest absolute Gasteiger partial charge is 0.481 e. The van der Waals surface area contributed by atoms with Gasteiger partial charge in [0.15, 0.2) is 0 Å². The smallest absolute Gasteiger partial charge is 0.306 e. The molecule has 1 atom stereocenters. The molecule has 0 saturated carbocycles. The zero-order valence-electron chi connectivity index (χ0n) is 11.9. The molecule has 21 heavy (non-hydrogen) atoms. The van der Waals surface area contributed by atoms with Crippen molar-refractivity contribution < 1.29 is 24.2 Å².